The van der Waals surface area contributed by atoms with Gasteiger partial charge in [0.2, 0.25) is 0 Å². The molecule has 0 bridgehead atoms. The van der Waals surface area contributed by atoms with Gasteiger partial charge in [-0.25, -0.2) is 22.5 Å². The Morgan fingerprint density at radius 1 is 1.21 bits per heavy atom. The summed E-state index contributed by atoms with van der Waals surface area (Å²) in [4.78, 5) is 23.8. The number of carbonyl (C=O) groups excluding carboxylic acids is 1. The lowest BCUT2D eigenvalue weighted by Gasteiger charge is -2.29. The van der Waals surface area contributed by atoms with Crippen molar-refractivity contribution in [1.29, 1.82) is 0 Å². The number of benzene rings is 1. The average Bonchev–Trinajstić information content (AvgIpc) is 3.43. The number of hydrogen-bond donors (Lipinski definition) is 1. The monoisotopic (exact) mass is 486 g/mol. The molecule has 10 heteroatoms. The maximum absolute atomic E-state index is 14.2. The highest BCUT2D eigenvalue weighted by Crippen LogP contribution is 2.34. The molecule has 0 saturated carbocycles. The van der Waals surface area contributed by atoms with Gasteiger partial charge in [0.15, 0.2) is 0 Å². The SMILES string of the molecule is CCOc1cc(F)cc(-c2ccc(C(=O)NS(=O)(=O)C3=CC=NC3)c(N3[C@H](C)CC[C@@H]3C)n2)c1. The summed E-state index contributed by atoms with van der Waals surface area (Å²) >= 11 is 0. The molecule has 0 aliphatic carbocycles. The molecule has 8 nitrogen and oxygen atoms in total. The van der Waals surface area contributed by atoms with E-state index in [1.165, 1.54) is 30.5 Å². The first kappa shape index (κ1) is 23.9. The highest BCUT2D eigenvalue weighted by atomic mass is 32.2. The summed E-state index contributed by atoms with van der Waals surface area (Å²) in [6, 6.07) is 7.64. The Balaban J connectivity index is 1.76. The first-order valence-electron chi connectivity index (χ1n) is 11.2. The Morgan fingerprint density at radius 3 is 2.59 bits per heavy atom. The van der Waals surface area contributed by atoms with Crippen LogP contribution < -0.4 is 14.4 Å². The third kappa shape index (κ3) is 4.82. The summed E-state index contributed by atoms with van der Waals surface area (Å²) in [7, 11) is -4.03. The van der Waals surface area contributed by atoms with Gasteiger partial charge in [-0.05, 0) is 64.0 Å². The van der Waals surface area contributed by atoms with E-state index in [0.717, 1.165) is 12.8 Å². The molecule has 0 radical (unpaired) electrons. The van der Waals surface area contributed by atoms with Crippen LogP contribution in [-0.2, 0) is 10.0 Å². The number of aromatic nitrogens is 1. The minimum Gasteiger partial charge on any atom is -0.494 e. The number of carbonyl (C=O) groups is 1. The van der Waals surface area contributed by atoms with E-state index in [0.29, 0.717) is 29.4 Å². The zero-order valence-corrected chi connectivity index (χ0v) is 20.1. The number of nitrogens with zero attached hydrogens (tertiary/aromatic N) is 3. The van der Waals surface area contributed by atoms with Gasteiger partial charge in [0, 0.05) is 29.9 Å². The largest absolute Gasteiger partial charge is 0.494 e. The number of amides is 1. The molecule has 34 heavy (non-hydrogen) atoms. The Labute approximate surface area is 198 Å². The summed E-state index contributed by atoms with van der Waals surface area (Å²) in [5.41, 5.74) is 1.08. The zero-order chi connectivity index (χ0) is 24.5. The third-order valence-electron chi connectivity index (χ3n) is 5.98. The topological polar surface area (TPSA) is 101 Å². The normalized spacial score (nSPS) is 19.9. The van der Waals surface area contributed by atoms with Gasteiger partial charge in [-0.15, -0.1) is 0 Å². The number of allylic oxidation sites excluding steroid dienone is 1. The number of pyridine rings is 1. The molecule has 0 spiro atoms. The van der Waals surface area contributed by atoms with Crippen LogP contribution in [0.2, 0.25) is 0 Å². The molecule has 2 aromatic rings. The number of aliphatic imine (C=N–C) groups is 1. The summed E-state index contributed by atoms with van der Waals surface area (Å²) in [6.45, 7) is 6.26. The molecule has 2 atom stereocenters. The third-order valence-corrected chi connectivity index (χ3v) is 7.39. The second-order valence-electron chi connectivity index (χ2n) is 8.42. The molecular weight excluding hydrogens is 459 g/mol. The van der Waals surface area contributed by atoms with Crippen LogP contribution in [0.3, 0.4) is 0 Å². The Hall–Kier alpha value is -3.27. The smallest absolute Gasteiger partial charge is 0.268 e. The van der Waals surface area contributed by atoms with Crippen molar-refractivity contribution in [1.82, 2.24) is 9.71 Å². The van der Waals surface area contributed by atoms with E-state index in [1.54, 1.807) is 12.1 Å². The number of hydrogen-bond acceptors (Lipinski definition) is 7. The van der Waals surface area contributed by atoms with Crippen LogP contribution in [0.25, 0.3) is 11.3 Å². The van der Waals surface area contributed by atoms with Gasteiger partial charge in [0.05, 0.1) is 29.3 Å². The van der Waals surface area contributed by atoms with E-state index in [-0.39, 0.29) is 29.1 Å². The lowest BCUT2D eigenvalue weighted by Crippen LogP contribution is -2.37. The highest BCUT2D eigenvalue weighted by molar-refractivity contribution is 7.94. The Morgan fingerprint density at radius 2 is 1.94 bits per heavy atom. The van der Waals surface area contributed by atoms with Crippen molar-refractivity contribution in [3.8, 4) is 17.0 Å². The van der Waals surface area contributed by atoms with Gasteiger partial charge in [-0.2, -0.15) is 0 Å². The number of nitrogens with one attached hydrogen (secondary N) is 1. The lowest BCUT2D eigenvalue weighted by molar-refractivity contribution is 0.0982. The van der Waals surface area contributed by atoms with Crippen molar-refractivity contribution >= 4 is 28.0 Å². The van der Waals surface area contributed by atoms with Gasteiger partial charge in [0.1, 0.15) is 17.4 Å². The highest BCUT2D eigenvalue weighted by Gasteiger charge is 2.33. The maximum atomic E-state index is 14.2. The van der Waals surface area contributed by atoms with E-state index in [1.807, 2.05) is 25.7 Å². The maximum Gasteiger partial charge on any atom is 0.268 e. The van der Waals surface area contributed by atoms with E-state index < -0.39 is 21.7 Å². The molecule has 0 unspecified atom stereocenters. The predicted molar refractivity (Wildman–Crippen MR) is 129 cm³/mol. The number of sulfonamides is 1. The van der Waals surface area contributed by atoms with Gasteiger partial charge < -0.3 is 9.64 Å². The molecule has 1 saturated heterocycles. The number of rotatable bonds is 7. The molecule has 1 amide bonds. The molecule has 2 aliphatic heterocycles. The van der Waals surface area contributed by atoms with Crippen LogP contribution in [0.4, 0.5) is 10.2 Å². The number of halogens is 1. The predicted octanol–water partition coefficient (Wildman–Crippen LogP) is 3.69. The fraction of sp³-hybridized carbons (Fsp3) is 0.375. The summed E-state index contributed by atoms with van der Waals surface area (Å²) < 4.78 is 47.1. The van der Waals surface area contributed by atoms with E-state index >= 15 is 0 Å². The molecule has 1 aromatic carbocycles. The van der Waals surface area contributed by atoms with E-state index in [9.17, 15) is 17.6 Å². The first-order chi connectivity index (χ1) is 16.2. The van der Waals surface area contributed by atoms with Crippen molar-refractivity contribution in [3.63, 3.8) is 0 Å². The Kier molecular flexibility index (Phi) is 6.70. The summed E-state index contributed by atoms with van der Waals surface area (Å²) in [6.07, 6.45) is 4.57. The average molecular weight is 487 g/mol. The summed E-state index contributed by atoms with van der Waals surface area (Å²) in [5.74, 6) is -0.500. The van der Waals surface area contributed by atoms with Crippen LogP contribution in [0.1, 0.15) is 44.0 Å². The van der Waals surface area contributed by atoms with Crippen LogP contribution >= 0.6 is 0 Å². The van der Waals surface area contributed by atoms with E-state index in [2.05, 4.69) is 9.71 Å². The minimum absolute atomic E-state index is 0.00537. The van der Waals surface area contributed by atoms with Crippen LogP contribution in [0.5, 0.6) is 5.75 Å². The van der Waals surface area contributed by atoms with Crippen molar-refractivity contribution in [2.75, 3.05) is 18.1 Å². The van der Waals surface area contributed by atoms with Crippen LogP contribution in [-0.4, -0.2) is 50.8 Å². The molecule has 1 aromatic heterocycles. The van der Waals surface area contributed by atoms with Gasteiger partial charge in [-0.1, -0.05) is 0 Å². The zero-order valence-electron chi connectivity index (χ0n) is 19.3. The van der Waals surface area contributed by atoms with Gasteiger partial charge >= 0.3 is 0 Å². The molecule has 4 rings (SSSR count). The van der Waals surface area contributed by atoms with Crippen molar-refractivity contribution in [2.24, 2.45) is 4.99 Å². The lowest BCUT2D eigenvalue weighted by atomic mass is 10.1. The fourth-order valence-electron chi connectivity index (χ4n) is 4.30. The standard InChI is InChI=1S/C24H27FN4O4S/c1-4-33-19-12-17(11-18(25)13-19)22-8-7-21(23(27-22)29-15(2)5-6-16(29)3)24(30)28-34(31,32)20-9-10-26-14-20/h7-13,15-16H,4-6,14H2,1-3H3,(H,28,30)/t15-,16+. The molecule has 1 fully saturated rings. The number of ether oxygens (including phenoxy) is 1. The van der Waals surface area contributed by atoms with Gasteiger partial charge in [-0.3, -0.25) is 9.79 Å². The van der Waals surface area contributed by atoms with Crippen LogP contribution in [0, 0.1) is 5.82 Å². The van der Waals surface area contributed by atoms with Crippen LogP contribution in [0.15, 0.2) is 46.3 Å². The molecule has 180 valence electrons. The molecule has 3 heterocycles. The number of anilines is 1. The second-order valence-corrected chi connectivity index (χ2v) is 10.2. The van der Waals surface area contributed by atoms with Crippen molar-refractivity contribution in [2.45, 2.75) is 45.7 Å². The van der Waals surface area contributed by atoms with Crippen molar-refractivity contribution < 1.29 is 22.3 Å². The van der Waals surface area contributed by atoms with Crippen molar-refractivity contribution in [3.05, 3.63) is 52.7 Å². The van der Waals surface area contributed by atoms with E-state index in [4.69, 9.17) is 9.72 Å². The summed E-state index contributed by atoms with van der Waals surface area (Å²) in [5, 5.41) is 0. The minimum atomic E-state index is -4.03. The molecule has 1 N–H and O–H groups in total. The van der Waals surface area contributed by atoms with Gasteiger partial charge in [0.25, 0.3) is 15.9 Å². The molecular formula is C24H27FN4O4S. The second kappa shape index (κ2) is 9.54. The quantitative estimate of drug-likeness (QED) is 0.641. The fourth-order valence-corrected chi connectivity index (χ4v) is 5.27. The molecule has 2 aliphatic rings. The Bertz CT molecular complexity index is 1270. The first-order valence-corrected chi connectivity index (χ1v) is 12.7.